The Hall–Kier alpha value is -0.120. The first-order valence-corrected chi connectivity index (χ1v) is 3.85. The van der Waals surface area contributed by atoms with E-state index in [-0.39, 0.29) is 11.6 Å². The van der Waals surface area contributed by atoms with Gasteiger partial charge in [-0.05, 0) is 27.9 Å². The van der Waals surface area contributed by atoms with Gasteiger partial charge in [-0.3, -0.25) is 0 Å². The van der Waals surface area contributed by atoms with Gasteiger partial charge in [-0.15, -0.1) is 0 Å². The number of hydrogen-bond donors (Lipinski definition) is 1. The average molecular weight is 160 g/mol. The standard InChI is InChI=1S/C8H20N2O/c1-8(2,11-5)7(9)6-10(3)4/h7H,6,9H2,1-5H3. The number of likely N-dealkylation sites (N-methyl/N-ethyl adjacent to an activating group) is 1. The number of rotatable bonds is 4. The maximum atomic E-state index is 5.90. The molecule has 0 saturated carbocycles. The molecule has 0 bridgehead atoms. The zero-order valence-electron chi connectivity index (χ0n) is 8.22. The van der Waals surface area contributed by atoms with Gasteiger partial charge in [0.05, 0.1) is 5.60 Å². The SMILES string of the molecule is COC(C)(C)C(N)CN(C)C. The Morgan fingerprint density at radius 2 is 1.91 bits per heavy atom. The van der Waals surface area contributed by atoms with Gasteiger partial charge < -0.3 is 15.4 Å². The first-order chi connectivity index (χ1) is 4.90. The summed E-state index contributed by atoms with van der Waals surface area (Å²) < 4.78 is 5.25. The van der Waals surface area contributed by atoms with Crippen LogP contribution in [0, 0.1) is 0 Å². The Labute approximate surface area is 69.5 Å². The quantitative estimate of drug-likeness (QED) is 0.643. The number of methoxy groups -OCH3 is 1. The lowest BCUT2D eigenvalue weighted by Crippen LogP contribution is -2.50. The van der Waals surface area contributed by atoms with E-state index in [2.05, 4.69) is 4.90 Å². The molecular weight excluding hydrogens is 140 g/mol. The third-order valence-electron chi connectivity index (χ3n) is 1.98. The van der Waals surface area contributed by atoms with Crippen LogP contribution in [0.25, 0.3) is 0 Å². The van der Waals surface area contributed by atoms with Gasteiger partial charge in [0.15, 0.2) is 0 Å². The van der Waals surface area contributed by atoms with E-state index >= 15 is 0 Å². The molecule has 2 N–H and O–H groups in total. The van der Waals surface area contributed by atoms with Crippen LogP contribution in [-0.2, 0) is 4.74 Å². The summed E-state index contributed by atoms with van der Waals surface area (Å²) >= 11 is 0. The van der Waals surface area contributed by atoms with E-state index in [9.17, 15) is 0 Å². The summed E-state index contributed by atoms with van der Waals surface area (Å²) in [5.74, 6) is 0. The van der Waals surface area contributed by atoms with Gasteiger partial charge in [0.1, 0.15) is 0 Å². The minimum absolute atomic E-state index is 0.0579. The zero-order valence-corrected chi connectivity index (χ0v) is 8.22. The van der Waals surface area contributed by atoms with Gasteiger partial charge in [0, 0.05) is 19.7 Å². The van der Waals surface area contributed by atoms with Crippen LogP contribution >= 0.6 is 0 Å². The van der Waals surface area contributed by atoms with E-state index in [0.717, 1.165) is 6.54 Å². The van der Waals surface area contributed by atoms with Gasteiger partial charge in [-0.25, -0.2) is 0 Å². The highest BCUT2D eigenvalue weighted by Gasteiger charge is 2.25. The molecule has 0 aromatic carbocycles. The van der Waals surface area contributed by atoms with E-state index in [1.54, 1.807) is 7.11 Å². The Bertz CT molecular complexity index is 113. The second kappa shape index (κ2) is 4.04. The zero-order chi connectivity index (χ0) is 9.07. The predicted octanol–water partition coefficient (Wildman–Crippen LogP) is 0.300. The number of hydrogen-bond acceptors (Lipinski definition) is 3. The lowest BCUT2D eigenvalue weighted by atomic mass is 9.99. The predicted molar refractivity (Wildman–Crippen MR) is 47.6 cm³/mol. The summed E-state index contributed by atoms with van der Waals surface area (Å²) in [7, 11) is 5.70. The minimum Gasteiger partial charge on any atom is -0.377 e. The van der Waals surface area contributed by atoms with E-state index in [1.165, 1.54) is 0 Å². The lowest BCUT2D eigenvalue weighted by Gasteiger charge is -2.31. The smallest absolute Gasteiger partial charge is 0.0785 e. The minimum atomic E-state index is -0.232. The topological polar surface area (TPSA) is 38.5 Å². The van der Waals surface area contributed by atoms with Crippen LogP contribution in [0.2, 0.25) is 0 Å². The van der Waals surface area contributed by atoms with Crippen molar-refractivity contribution in [3.63, 3.8) is 0 Å². The molecule has 0 aromatic heterocycles. The fraction of sp³-hybridized carbons (Fsp3) is 1.00. The van der Waals surface area contributed by atoms with Crippen molar-refractivity contribution in [3.8, 4) is 0 Å². The van der Waals surface area contributed by atoms with Gasteiger partial charge in [-0.1, -0.05) is 0 Å². The van der Waals surface area contributed by atoms with Crippen molar-refractivity contribution in [1.29, 1.82) is 0 Å². The van der Waals surface area contributed by atoms with E-state index in [0.29, 0.717) is 0 Å². The molecule has 3 heteroatoms. The molecule has 11 heavy (non-hydrogen) atoms. The highest BCUT2D eigenvalue weighted by atomic mass is 16.5. The van der Waals surface area contributed by atoms with Crippen molar-refractivity contribution >= 4 is 0 Å². The molecule has 0 fully saturated rings. The summed E-state index contributed by atoms with van der Waals surface area (Å²) in [6, 6.07) is 0.0579. The molecule has 3 nitrogen and oxygen atoms in total. The summed E-state index contributed by atoms with van der Waals surface area (Å²) in [4.78, 5) is 2.06. The van der Waals surface area contributed by atoms with Crippen molar-refractivity contribution in [1.82, 2.24) is 4.90 Å². The second-order valence-corrected chi connectivity index (χ2v) is 3.68. The van der Waals surface area contributed by atoms with E-state index in [4.69, 9.17) is 10.5 Å². The molecule has 0 rings (SSSR count). The molecule has 0 aliphatic rings. The summed E-state index contributed by atoms with van der Waals surface area (Å²) in [5.41, 5.74) is 5.66. The van der Waals surface area contributed by atoms with E-state index < -0.39 is 0 Å². The highest BCUT2D eigenvalue weighted by molar-refractivity contribution is 4.83. The van der Waals surface area contributed by atoms with Crippen molar-refractivity contribution in [3.05, 3.63) is 0 Å². The fourth-order valence-corrected chi connectivity index (χ4v) is 0.765. The molecule has 0 aliphatic carbocycles. The molecule has 68 valence electrons. The van der Waals surface area contributed by atoms with Gasteiger partial charge in [0.2, 0.25) is 0 Å². The lowest BCUT2D eigenvalue weighted by molar-refractivity contribution is -0.00514. The summed E-state index contributed by atoms with van der Waals surface area (Å²) in [5, 5.41) is 0. The third-order valence-corrected chi connectivity index (χ3v) is 1.98. The molecule has 0 radical (unpaired) electrons. The molecule has 1 atom stereocenters. The van der Waals surface area contributed by atoms with Gasteiger partial charge >= 0.3 is 0 Å². The Morgan fingerprint density at radius 3 is 2.18 bits per heavy atom. The van der Waals surface area contributed by atoms with E-state index in [1.807, 2.05) is 27.9 Å². The van der Waals surface area contributed by atoms with Crippen molar-refractivity contribution < 1.29 is 4.74 Å². The maximum Gasteiger partial charge on any atom is 0.0785 e. The third kappa shape index (κ3) is 3.70. The van der Waals surface area contributed by atoms with Crippen LogP contribution in [0.5, 0.6) is 0 Å². The molecule has 0 heterocycles. The monoisotopic (exact) mass is 160 g/mol. The van der Waals surface area contributed by atoms with Crippen LogP contribution < -0.4 is 5.73 Å². The fourth-order valence-electron chi connectivity index (χ4n) is 0.765. The van der Waals surface area contributed by atoms with Gasteiger partial charge in [-0.2, -0.15) is 0 Å². The largest absolute Gasteiger partial charge is 0.377 e. The molecule has 0 aliphatic heterocycles. The molecule has 0 aromatic rings. The number of nitrogens with zero attached hydrogens (tertiary/aromatic N) is 1. The van der Waals surface area contributed by atoms with Crippen LogP contribution in [0.1, 0.15) is 13.8 Å². The van der Waals surface area contributed by atoms with Crippen LogP contribution in [0.15, 0.2) is 0 Å². The Morgan fingerprint density at radius 1 is 1.45 bits per heavy atom. The highest BCUT2D eigenvalue weighted by Crippen LogP contribution is 2.11. The Kier molecular flexibility index (Phi) is 4.00. The molecule has 1 unspecified atom stereocenters. The first-order valence-electron chi connectivity index (χ1n) is 3.85. The van der Waals surface area contributed by atoms with Crippen LogP contribution in [0.3, 0.4) is 0 Å². The summed E-state index contributed by atoms with van der Waals surface area (Å²) in [6.07, 6.45) is 0. The molecule has 0 spiro atoms. The van der Waals surface area contributed by atoms with Crippen molar-refractivity contribution in [2.45, 2.75) is 25.5 Å². The number of nitrogens with two attached hydrogens (primary N) is 1. The Balaban J connectivity index is 3.90. The number of ether oxygens (including phenoxy) is 1. The second-order valence-electron chi connectivity index (χ2n) is 3.68. The van der Waals surface area contributed by atoms with Crippen molar-refractivity contribution in [2.75, 3.05) is 27.7 Å². The van der Waals surface area contributed by atoms with Crippen molar-refractivity contribution in [2.24, 2.45) is 5.73 Å². The van der Waals surface area contributed by atoms with Crippen LogP contribution in [0.4, 0.5) is 0 Å². The average Bonchev–Trinajstić information content (AvgIpc) is 1.86. The molecule has 0 amide bonds. The molecular formula is C8H20N2O. The van der Waals surface area contributed by atoms with Crippen LogP contribution in [-0.4, -0.2) is 44.3 Å². The normalized spacial score (nSPS) is 15.5. The summed E-state index contributed by atoms with van der Waals surface area (Å²) in [6.45, 7) is 4.85. The molecule has 0 saturated heterocycles. The van der Waals surface area contributed by atoms with Gasteiger partial charge in [0.25, 0.3) is 0 Å². The first kappa shape index (κ1) is 10.9. The maximum absolute atomic E-state index is 5.90.